The summed E-state index contributed by atoms with van der Waals surface area (Å²) >= 11 is 0. The van der Waals surface area contributed by atoms with Crippen molar-refractivity contribution >= 4 is 0 Å². The number of aromatic nitrogens is 2. The second kappa shape index (κ2) is 7.09. The largest absolute Gasteiger partial charge is 0.361 e. The van der Waals surface area contributed by atoms with Crippen LogP contribution in [0.5, 0.6) is 0 Å². The summed E-state index contributed by atoms with van der Waals surface area (Å²) in [6, 6.07) is 0.594. The van der Waals surface area contributed by atoms with Crippen molar-refractivity contribution in [2.24, 2.45) is 5.92 Å². The lowest BCUT2D eigenvalue weighted by molar-refractivity contribution is 0.118. The zero-order valence-corrected chi connectivity index (χ0v) is 15.6. The summed E-state index contributed by atoms with van der Waals surface area (Å²) in [7, 11) is 0. The second-order valence-corrected chi connectivity index (χ2v) is 7.44. The van der Waals surface area contributed by atoms with E-state index in [9.17, 15) is 0 Å². The van der Waals surface area contributed by atoms with Crippen molar-refractivity contribution in [2.45, 2.75) is 79.4 Å². The number of rotatable bonds is 5. The molecule has 5 nitrogen and oxygen atoms in total. The van der Waals surface area contributed by atoms with E-state index in [0.717, 1.165) is 41.9 Å². The first-order chi connectivity index (χ1) is 11.5. The number of aryl methyl sites for hydroxylation is 4. The molecule has 0 saturated heterocycles. The Hall–Kier alpha value is -1.62. The molecule has 24 heavy (non-hydrogen) atoms. The van der Waals surface area contributed by atoms with E-state index in [-0.39, 0.29) is 0 Å². The highest BCUT2D eigenvalue weighted by atomic mass is 16.5. The molecule has 1 fully saturated rings. The predicted molar refractivity (Wildman–Crippen MR) is 92.6 cm³/mol. The third kappa shape index (κ3) is 3.56. The SMILES string of the molecule is Cc1noc(C)c1CN(Cc1c(C)noc1C)[C@H]1CCC[C@@H](C)C1. The summed E-state index contributed by atoms with van der Waals surface area (Å²) in [4.78, 5) is 2.58. The lowest BCUT2D eigenvalue weighted by Crippen LogP contribution is -2.38. The molecule has 0 amide bonds. The molecule has 0 unspecified atom stereocenters. The Morgan fingerprint density at radius 1 is 0.917 bits per heavy atom. The smallest absolute Gasteiger partial charge is 0.138 e. The minimum absolute atomic E-state index is 0.594. The Morgan fingerprint density at radius 2 is 1.46 bits per heavy atom. The molecule has 3 rings (SSSR count). The molecule has 0 bridgehead atoms. The van der Waals surface area contributed by atoms with Gasteiger partial charge in [-0.3, -0.25) is 4.90 Å². The van der Waals surface area contributed by atoms with Crippen molar-refractivity contribution in [1.29, 1.82) is 0 Å². The molecule has 0 aromatic carbocycles. The van der Waals surface area contributed by atoms with Gasteiger partial charge < -0.3 is 9.05 Å². The first-order valence-corrected chi connectivity index (χ1v) is 9.03. The van der Waals surface area contributed by atoms with Crippen LogP contribution in [0.15, 0.2) is 9.05 Å². The van der Waals surface area contributed by atoms with Crippen LogP contribution in [0.2, 0.25) is 0 Å². The third-order valence-electron chi connectivity index (χ3n) is 5.51. The summed E-state index contributed by atoms with van der Waals surface area (Å²) in [5.41, 5.74) is 4.44. The van der Waals surface area contributed by atoms with E-state index in [1.165, 1.54) is 36.8 Å². The van der Waals surface area contributed by atoms with Crippen LogP contribution in [-0.4, -0.2) is 21.3 Å². The van der Waals surface area contributed by atoms with E-state index in [2.05, 4.69) is 22.1 Å². The van der Waals surface area contributed by atoms with Gasteiger partial charge in [-0.05, 0) is 46.5 Å². The highest BCUT2D eigenvalue weighted by Gasteiger charge is 2.28. The second-order valence-electron chi connectivity index (χ2n) is 7.44. The number of hydrogen-bond donors (Lipinski definition) is 0. The van der Waals surface area contributed by atoms with Crippen LogP contribution in [-0.2, 0) is 13.1 Å². The van der Waals surface area contributed by atoms with E-state index >= 15 is 0 Å². The Kier molecular flexibility index (Phi) is 5.09. The van der Waals surface area contributed by atoms with Gasteiger partial charge in [0.1, 0.15) is 11.5 Å². The van der Waals surface area contributed by atoms with Crippen molar-refractivity contribution in [3.63, 3.8) is 0 Å². The summed E-state index contributed by atoms with van der Waals surface area (Å²) in [6.45, 7) is 12.2. The molecule has 1 saturated carbocycles. The number of nitrogens with zero attached hydrogens (tertiary/aromatic N) is 3. The highest BCUT2D eigenvalue weighted by molar-refractivity contribution is 5.23. The standard InChI is InChI=1S/C19H29N3O2/c1-12-7-6-8-17(9-12)22(10-18-13(2)20-23-15(18)4)11-19-14(3)21-24-16(19)5/h12,17H,6-11H2,1-5H3/t12-,17+/m1/s1. The lowest BCUT2D eigenvalue weighted by Gasteiger charge is -2.36. The van der Waals surface area contributed by atoms with Crippen LogP contribution in [0.3, 0.4) is 0 Å². The Bertz CT molecular complexity index is 602. The van der Waals surface area contributed by atoms with E-state index in [1.807, 2.05) is 27.7 Å². The molecular weight excluding hydrogens is 302 g/mol. The van der Waals surface area contributed by atoms with Gasteiger partial charge in [-0.1, -0.05) is 30.1 Å². The maximum atomic E-state index is 5.38. The summed E-state index contributed by atoms with van der Waals surface area (Å²) in [6.07, 6.45) is 5.18. The molecule has 2 aromatic rings. The van der Waals surface area contributed by atoms with Gasteiger partial charge in [-0.2, -0.15) is 0 Å². The lowest BCUT2D eigenvalue weighted by atomic mass is 9.85. The fourth-order valence-corrected chi connectivity index (χ4v) is 3.91. The quantitative estimate of drug-likeness (QED) is 0.808. The van der Waals surface area contributed by atoms with Gasteiger partial charge in [-0.25, -0.2) is 0 Å². The van der Waals surface area contributed by atoms with Gasteiger partial charge >= 0.3 is 0 Å². The molecule has 0 N–H and O–H groups in total. The maximum Gasteiger partial charge on any atom is 0.138 e. The minimum Gasteiger partial charge on any atom is -0.361 e. The summed E-state index contributed by atoms with van der Waals surface area (Å²) in [5, 5.41) is 8.26. The highest BCUT2D eigenvalue weighted by Crippen LogP contribution is 2.31. The molecule has 2 atom stereocenters. The molecule has 1 aliphatic rings. The van der Waals surface area contributed by atoms with Crippen molar-refractivity contribution in [2.75, 3.05) is 0 Å². The van der Waals surface area contributed by atoms with Gasteiger partial charge in [0, 0.05) is 30.3 Å². The zero-order chi connectivity index (χ0) is 17.3. The van der Waals surface area contributed by atoms with Gasteiger partial charge in [0.15, 0.2) is 0 Å². The van der Waals surface area contributed by atoms with E-state index in [0.29, 0.717) is 6.04 Å². The Labute approximate surface area is 144 Å². The topological polar surface area (TPSA) is 55.3 Å². The third-order valence-corrected chi connectivity index (χ3v) is 5.51. The van der Waals surface area contributed by atoms with E-state index in [4.69, 9.17) is 9.05 Å². The van der Waals surface area contributed by atoms with Crippen LogP contribution >= 0.6 is 0 Å². The Morgan fingerprint density at radius 3 is 1.88 bits per heavy atom. The summed E-state index contributed by atoms with van der Waals surface area (Å²) < 4.78 is 10.8. The molecule has 5 heteroatoms. The predicted octanol–water partition coefficient (Wildman–Crippen LogP) is 4.48. The molecular formula is C19H29N3O2. The van der Waals surface area contributed by atoms with E-state index < -0.39 is 0 Å². The molecule has 2 heterocycles. The van der Waals surface area contributed by atoms with Gasteiger partial charge in [0.05, 0.1) is 11.4 Å². The van der Waals surface area contributed by atoms with Crippen molar-refractivity contribution in [3.05, 3.63) is 34.0 Å². The fourth-order valence-electron chi connectivity index (χ4n) is 3.91. The molecule has 1 aliphatic carbocycles. The summed E-state index contributed by atoms with van der Waals surface area (Å²) in [5.74, 6) is 2.65. The van der Waals surface area contributed by atoms with Crippen molar-refractivity contribution in [3.8, 4) is 0 Å². The Balaban J connectivity index is 1.85. The number of hydrogen-bond acceptors (Lipinski definition) is 5. The van der Waals surface area contributed by atoms with Crippen LogP contribution in [0.4, 0.5) is 0 Å². The van der Waals surface area contributed by atoms with Crippen LogP contribution < -0.4 is 0 Å². The monoisotopic (exact) mass is 331 g/mol. The first kappa shape index (κ1) is 17.2. The van der Waals surface area contributed by atoms with Crippen molar-refractivity contribution < 1.29 is 9.05 Å². The van der Waals surface area contributed by atoms with Crippen LogP contribution in [0.1, 0.15) is 66.6 Å². The van der Waals surface area contributed by atoms with Crippen LogP contribution in [0, 0.1) is 33.6 Å². The molecule has 0 radical (unpaired) electrons. The van der Waals surface area contributed by atoms with Gasteiger partial charge in [-0.15, -0.1) is 0 Å². The van der Waals surface area contributed by atoms with Crippen molar-refractivity contribution in [1.82, 2.24) is 15.2 Å². The molecule has 0 spiro atoms. The average molecular weight is 331 g/mol. The minimum atomic E-state index is 0.594. The van der Waals surface area contributed by atoms with E-state index in [1.54, 1.807) is 0 Å². The molecule has 2 aromatic heterocycles. The molecule has 0 aliphatic heterocycles. The van der Waals surface area contributed by atoms with Crippen LogP contribution in [0.25, 0.3) is 0 Å². The zero-order valence-electron chi connectivity index (χ0n) is 15.6. The fraction of sp³-hybridized carbons (Fsp3) is 0.684. The van der Waals surface area contributed by atoms with Gasteiger partial charge in [0.25, 0.3) is 0 Å². The maximum absolute atomic E-state index is 5.38. The first-order valence-electron chi connectivity index (χ1n) is 9.03. The molecule has 132 valence electrons. The normalized spacial score (nSPS) is 21.6. The van der Waals surface area contributed by atoms with Gasteiger partial charge in [0.2, 0.25) is 0 Å². The average Bonchev–Trinajstić information content (AvgIpc) is 3.03.